The van der Waals surface area contributed by atoms with E-state index in [0.717, 1.165) is 18.1 Å². The zero-order chi connectivity index (χ0) is 15.9. The molecule has 1 saturated heterocycles. The molecular formula is C15H22N2O4S. The second kappa shape index (κ2) is 8.14. The second-order valence-corrected chi connectivity index (χ2v) is 6.04. The molecule has 1 fully saturated rings. The molecule has 1 heterocycles. The summed E-state index contributed by atoms with van der Waals surface area (Å²) >= 11 is 1.87. The third kappa shape index (κ3) is 4.20. The van der Waals surface area contributed by atoms with Crippen LogP contribution in [0.25, 0.3) is 0 Å². The molecule has 1 aliphatic heterocycles. The average Bonchev–Trinajstić information content (AvgIpc) is 2.54. The van der Waals surface area contributed by atoms with Crippen LogP contribution in [0.1, 0.15) is 6.42 Å². The molecule has 2 rings (SSSR count). The van der Waals surface area contributed by atoms with Gasteiger partial charge in [0.25, 0.3) is 0 Å². The van der Waals surface area contributed by atoms with Gasteiger partial charge >= 0.3 is 0 Å². The molecule has 0 spiro atoms. The van der Waals surface area contributed by atoms with Crippen LogP contribution in [0.15, 0.2) is 12.1 Å². The van der Waals surface area contributed by atoms with E-state index in [-0.39, 0.29) is 11.9 Å². The Morgan fingerprint density at radius 2 is 1.95 bits per heavy atom. The highest BCUT2D eigenvalue weighted by atomic mass is 32.2. The smallest absolute Gasteiger partial charge is 0.225 e. The van der Waals surface area contributed by atoms with Gasteiger partial charge in [-0.15, -0.1) is 0 Å². The molecule has 6 nitrogen and oxygen atoms in total. The Bertz CT molecular complexity index is 493. The average molecular weight is 326 g/mol. The van der Waals surface area contributed by atoms with Crippen LogP contribution in [-0.2, 0) is 4.79 Å². The van der Waals surface area contributed by atoms with Gasteiger partial charge in [0.2, 0.25) is 11.7 Å². The maximum Gasteiger partial charge on any atom is 0.225 e. The number of carbonyl (C=O) groups is 1. The van der Waals surface area contributed by atoms with Crippen LogP contribution in [0.2, 0.25) is 0 Å². The number of benzene rings is 1. The molecule has 22 heavy (non-hydrogen) atoms. The van der Waals surface area contributed by atoms with E-state index in [9.17, 15) is 4.79 Å². The Kier molecular flexibility index (Phi) is 6.21. The Labute approximate surface area is 134 Å². The Balaban J connectivity index is 2.06. The predicted octanol–water partition coefficient (Wildman–Crippen LogP) is 1.75. The van der Waals surface area contributed by atoms with Crippen LogP contribution in [0.3, 0.4) is 0 Å². The molecule has 7 heteroatoms. The molecule has 122 valence electrons. The van der Waals surface area contributed by atoms with Crippen LogP contribution < -0.4 is 24.8 Å². The maximum absolute atomic E-state index is 12.2. The van der Waals surface area contributed by atoms with Gasteiger partial charge in [0.05, 0.1) is 21.3 Å². The molecule has 0 aromatic heterocycles. The minimum absolute atomic E-state index is 0.0331. The van der Waals surface area contributed by atoms with Crippen LogP contribution >= 0.6 is 11.8 Å². The van der Waals surface area contributed by atoms with Crippen LogP contribution in [0, 0.1) is 0 Å². The van der Waals surface area contributed by atoms with Crippen molar-refractivity contribution in [2.75, 3.05) is 44.7 Å². The van der Waals surface area contributed by atoms with Crippen LogP contribution in [0.5, 0.6) is 17.2 Å². The number of hydrogen-bond acceptors (Lipinski definition) is 6. The lowest BCUT2D eigenvalue weighted by Crippen LogP contribution is -2.39. The summed E-state index contributed by atoms with van der Waals surface area (Å²) in [7, 11) is 4.64. The number of hydrogen-bond donors (Lipinski definition) is 2. The number of nitrogens with one attached hydrogen (secondary N) is 2. The standard InChI is InChI=1S/C15H22N2O4S/c1-19-12-6-10(7-13(20-2)15(12)21-3)17-14(18)8-11-9-22-5-4-16-11/h6-7,11,16H,4-5,8-9H2,1-3H3,(H,17,18). The number of rotatable bonds is 6. The van der Waals surface area contributed by atoms with E-state index >= 15 is 0 Å². The number of methoxy groups -OCH3 is 3. The summed E-state index contributed by atoms with van der Waals surface area (Å²) in [5.74, 6) is 3.57. The molecule has 1 amide bonds. The van der Waals surface area contributed by atoms with Gasteiger partial charge in [-0.2, -0.15) is 11.8 Å². The quantitative estimate of drug-likeness (QED) is 0.830. The van der Waals surface area contributed by atoms with Crippen molar-refractivity contribution in [3.05, 3.63) is 12.1 Å². The SMILES string of the molecule is COc1cc(NC(=O)CC2CSCCN2)cc(OC)c1OC. The molecule has 2 N–H and O–H groups in total. The summed E-state index contributed by atoms with van der Waals surface area (Å²) in [5.41, 5.74) is 0.628. The number of thioether (sulfide) groups is 1. The van der Waals surface area contributed by atoms with Gasteiger partial charge in [-0.05, 0) is 0 Å². The van der Waals surface area contributed by atoms with Gasteiger partial charge in [0.15, 0.2) is 11.5 Å². The molecule has 1 atom stereocenters. The van der Waals surface area contributed by atoms with Crippen LogP contribution in [0.4, 0.5) is 5.69 Å². The van der Waals surface area contributed by atoms with Crippen molar-refractivity contribution in [3.8, 4) is 17.2 Å². The fourth-order valence-corrected chi connectivity index (χ4v) is 3.29. The fourth-order valence-electron chi connectivity index (χ4n) is 2.34. The maximum atomic E-state index is 12.2. The lowest BCUT2D eigenvalue weighted by molar-refractivity contribution is -0.116. The van der Waals surface area contributed by atoms with E-state index < -0.39 is 0 Å². The zero-order valence-electron chi connectivity index (χ0n) is 13.1. The molecule has 0 radical (unpaired) electrons. The molecule has 1 aliphatic rings. The molecular weight excluding hydrogens is 304 g/mol. The lowest BCUT2D eigenvalue weighted by atomic mass is 10.2. The number of amides is 1. The van der Waals surface area contributed by atoms with Crippen molar-refractivity contribution in [2.24, 2.45) is 0 Å². The molecule has 0 saturated carbocycles. The molecule has 0 aliphatic carbocycles. The van der Waals surface area contributed by atoms with E-state index in [2.05, 4.69) is 10.6 Å². The van der Waals surface area contributed by atoms with Gasteiger partial charge in [0, 0.05) is 48.3 Å². The highest BCUT2D eigenvalue weighted by Crippen LogP contribution is 2.39. The van der Waals surface area contributed by atoms with E-state index in [1.165, 1.54) is 0 Å². The Morgan fingerprint density at radius 1 is 1.27 bits per heavy atom. The third-order valence-corrected chi connectivity index (χ3v) is 4.51. The zero-order valence-corrected chi connectivity index (χ0v) is 13.9. The Morgan fingerprint density at radius 3 is 2.45 bits per heavy atom. The van der Waals surface area contributed by atoms with Gasteiger partial charge < -0.3 is 24.8 Å². The van der Waals surface area contributed by atoms with E-state index in [1.807, 2.05) is 11.8 Å². The first-order chi connectivity index (χ1) is 10.7. The molecule has 1 aromatic rings. The van der Waals surface area contributed by atoms with Crippen molar-refractivity contribution in [2.45, 2.75) is 12.5 Å². The molecule has 0 bridgehead atoms. The number of ether oxygens (including phenoxy) is 3. The monoisotopic (exact) mass is 326 g/mol. The van der Waals surface area contributed by atoms with E-state index in [1.54, 1.807) is 33.5 Å². The first-order valence-corrected chi connectivity index (χ1v) is 8.24. The van der Waals surface area contributed by atoms with E-state index in [0.29, 0.717) is 29.4 Å². The summed E-state index contributed by atoms with van der Waals surface area (Å²) in [6.45, 7) is 0.951. The fraction of sp³-hybridized carbons (Fsp3) is 0.533. The highest BCUT2D eigenvalue weighted by molar-refractivity contribution is 7.99. The summed E-state index contributed by atoms with van der Waals surface area (Å²) in [5, 5.41) is 6.23. The molecule has 1 aromatic carbocycles. The largest absolute Gasteiger partial charge is 0.493 e. The van der Waals surface area contributed by atoms with Gasteiger partial charge in [-0.1, -0.05) is 0 Å². The first kappa shape index (κ1) is 16.8. The normalized spacial score (nSPS) is 17.7. The van der Waals surface area contributed by atoms with Crippen molar-refractivity contribution < 1.29 is 19.0 Å². The first-order valence-electron chi connectivity index (χ1n) is 7.09. The van der Waals surface area contributed by atoms with Crippen molar-refractivity contribution >= 4 is 23.4 Å². The van der Waals surface area contributed by atoms with E-state index in [4.69, 9.17) is 14.2 Å². The summed E-state index contributed by atoms with van der Waals surface area (Å²) in [4.78, 5) is 12.2. The lowest BCUT2D eigenvalue weighted by Gasteiger charge is -2.22. The van der Waals surface area contributed by atoms with Crippen molar-refractivity contribution in [1.82, 2.24) is 5.32 Å². The van der Waals surface area contributed by atoms with Crippen molar-refractivity contribution in [3.63, 3.8) is 0 Å². The summed E-state index contributed by atoms with van der Waals surface area (Å²) in [6, 6.07) is 3.67. The van der Waals surface area contributed by atoms with Crippen LogP contribution in [-0.4, -0.2) is 51.3 Å². The van der Waals surface area contributed by atoms with Crippen molar-refractivity contribution in [1.29, 1.82) is 0 Å². The molecule has 1 unspecified atom stereocenters. The second-order valence-electron chi connectivity index (χ2n) is 4.89. The van der Waals surface area contributed by atoms with Gasteiger partial charge in [-0.25, -0.2) is 0 Å². The minimum atomic E-state index is -0.0331. The summed E-state index contributed by atoms with van der Waals surface area (Å²) in [6.07, 6.45) is 0.448. The topological polar surface area (TPSA) is 68.8 Å². The predicted molar refractivity (Wildman–Crippen MR) is 88.5 cm³/mol. The Hall–Kier alpha value is -1.60. The van der Waals surface area contributed by atoms with Gasteiger partial charge in [0.1, 0.15) is 0 Å². The third-order valence-electron chi connectivity index (χ3n) is 3.38. The number of anilines is 1. The minimum Gasteiger partial charge on any atom is -0.493 e. The highest BCUT2D eigenvalue weighted by Gasteiger charge is 2.18. The summed E-state index contributed by atoms with van der Waals surface area (Å²) < 4.78 is 15.8. The van der Waals surface area contributed by atoms with Gasteiger partial charge in [-0.3, -0.25) is 4.79 Å². The number of carbonyl (C=O) groups excluding carboxylic acids is 1.